The van der Waals surface area contributed by atoms with Crippen LogP contribution in [0.5, 0.6) is 17.2 Å². The van der Waals surface area contributed by atoms with Crippen LogP contribution in [0.1, 0.15) is 23.6 Å². The van der Waals surface area contributed by atoms with E-state index in [1.54, 1.807) is 6.08 Å². The molecule has 1 amide bonds. The minimum absolute atomic E-state index is 0.122. The van der Waals surface area contributed by atoms with E-state index in [0.717, 1.165) is 26.9 Å². The summed E-state index contributed by atoms with van der Waals surface area (Å²) in [5.41, 5.74) is 3.04. The van der Waals surface area contributed by atoms with Crippen LogP contribution in [0.4, 0.5) is 0 Å². The Morgan fingerprint density at radius 3 is 2.61 bits per heavy atom. The van der Waals surface area contributed by atoms with E-state index < -0.39 is 0 Å². The highest BCUT2D eigenvalue weighted by molar-refractivity contribution is 9.10. The van der Waals surface area contributed by atoms with Crippen LogP contribution < -0.4 is 14.2 Å². The summed E-state index contributed by atoms with van der Waals surface area (Å²) in [5.74, 6) is 1.92. The number of rotatable bonds is 10. The largest absolute Gasteiger partial charge is 0.490 e. The summed E-state index contributed by atoms with van der Waals surface area (Å²) in [7, 11) is 0. The number of hydrogen-bond donors (Lipinski definition) is 0. The van der Waals surface area contributed by atoms with Crippen LogP contribution in [0.15, 0.2) is 52.4 Å². The number of benzene rings is 2. The molecular formula is C25H26BrNO4S2. The number of carbonyl (C=O) groups excluding carboxylic acids is 1. The first-order chi connectivity index (χ1) is 15.8. The molecule has 2 aromatic carbocycles. The molecule has 1 heterocycles. The van der Waals surface area contributed by atoms with Crippen LogP contribution in [0, 0.1) is 13.8 Å². The summed E-state index contributed by atoms with van der Waals surface area (Å²) >= 11 is 10.2. The highest BCUT2D eigenvalue weighted by Gasteiger charge is 2.31. The first-order valence-corrected chi connectivity index (χ1v) is 12.5. The number of ether oxygens (including phenoxy) is 3. The molecule has 0 aromatic heterocycles. The molecular weight excluding hydrogens is 522 g/mol. The highest BCUT2D eigenvalue weighted by atomic mass is 79.9. The Morgan fingerprint density at radius 1 is 1.12 bits per heavy atom. The highest BCUT2D eigenvalue weighted by Crippen LogP contribution is 2.39. The van der Waals surface area contributed by atoms with Gasteiger partial charge in [-0.25, -0.2) is 0 Å². The number of thioether (sulfide) groups is 1. The molecule has 1 saturated heterocycles. The SMILES string of the molecule is C=CCN1C(=O)C(=Cc2cc(Br)c(OCCOc3cc(C)ccc3C)c(OCC)c2)SC1=S. The Balaban J connectivity index is 1.73. The van der Waals surface area contributed by atoms with Gasteiger partial charge in [0.15, 0.2) is 11.5 Å². The van der Waals surface area contributed by atoms with Gasteiger partial charge in [0.25, 0.3) is 5.91 Å². The number of carbonyl (C=O) groups is 1. The molecule has 2 aromatic rings. The van der Waals surface area contributed by atoms with Crippen LogP contribution in [0.25, 0.3) is 6.08 Å². The minimum Gasteiger partial charge on any atom is -0.490 e. The molecule has 1 aliphatic heterocycles. The Hall–Kier alpha value is -2.29. The predicted molar refractivity (Wildman–Crippen MR) is 142 cm³/mol. The lowest BCUT2D eigenvalue weighted by molar-refractivity contribution is -0.121. The van der Waals surface area contributed by atoms with Crippen LogP contribution in [0.3, 0.4) is 0 Å². The molecule has 0 aliphatic carbocycles. The predicted octanol–water partition coefficient (Wildman–Crippen LogP) is 6.31. The zero-order chi connectivity index (χ0) is 24.0. The molecule has 33 heavy (non-hydrogen) atoms. The van der Waals surface area contributed by atoms with Gasteiger partial charge in [-0.2, -0.15) is 0 Å². The smallest absolute Gasteiger partial charge is 0.266 e. The molecule has 0 atom stereocenters. The number of aryl methyl sites for hydroxylation is 2. The second-order valence-corrected chi connectivity index (χ2v) is 9.84. The fourth-order valence-corrected chi connectivity index (χ4v) is 5.02. The summed E-state index contributed by atoms with van der Waals surface area (Å²) in [6.45, 7) is 11.3. The minimum atomic E-state index is -0.122. The molecule has 8 heteroatoms. The fraction of sp³-hybridized carbons (Fsp3) is 0.280. The van der Waals surface area contributed by atoms with Crippen molar-refractivity contribution in [3.8, 4) is 17.2 Å². The van der Waals surface area contributed by atoms with Crippen molar-refractivity contribution in [3.63, 3.8) is 0 Å². The van der Waals surface area contributed by atoms with Crippen molar-refractivity contribution in [1.29, 1.82) is 0 Å². The van der Waals surface area contributed by atoms with E-state index in [-0.39, 0.29) is 5.91 Å². The van der Waals surface area contributed by atoms with E-state index >= 15 is 0 Å². The number of hydrogen-bond acceptors (Lipinski definition) is 6. The number of amides is 1. The van der Waals surface area contributed by atoms with Crippen molar-refractivity contribution in [2.45, 2.75) is 20.8 Å². The molecule has 5 nitrogen and oxygen atoms in total. The molecule has 174 valence electrons. The topological polar surface area (TPSA) is 48.0 Å². The van der Waals surface area contributed by atoms with Gasteiger partial charge in [-0.1, -0.05) is 42.2 Å². The Morgan fingerprint density at radius 2 is 1.88 bits per heavy atom. The monoisotopic (exact) mass is 547 g/mol. The zero-order valence-electron chi connectivity index (χ0n) is 18.9. The van der Waals surface area contributed by atoms with Crippen molar-refractivity contribution >= 4 is 56.2 Å². The summed E-state index contributed by atoms with van der Waals surface area (Å²) in [4.78, 5) is 14.7. The standard InChI is InChI=1S/C25H26BrNO4S2/c1-5-9-27-24(28)22(33-25(27)32)15-18-13-19(26)23(21(14-18)29-6-2)31-11-10-30-20-12-16(3)7-8-17(20)4/h5,7-8,12-15H,1,6,9-11H2,2-4H3. The third kappa shape index (κ3) is 6.40. The van der Waals surface area contributed by atoms with Crippen molar-refractivity contribution in [3.05, 3.63) is 69.1 Å². The molecule has 0 radical (unpaired) electrons. The van der Waals surface area contributed by atoms with Crippen molar-refractivity contribution in [2.24, 2.45) is 0 Å². The third-order valence-electron chi connectivity index (χ3n) is 4.75. The molecule has 0 unspecified atom stereocenters. The second-order valence-electron chi connectivity index (χ2n) is 7.31. The lowest BCUT2D eigenvalue weighted by Crippen LogP contribution is -2.27. The third-order valence-corrected chi connectivity index (χ3v) is 6.71. The Kier molecular flexibility index (Phi) is 9.00. The van der Waals surface area contributed by atoms with Gasteiger partial charge in [-0.3, -0.25) is 9.69 Å². The van der Waals surface area contributed by atoms with Gasteiger partial charge in [-0.05, 0) is 77.7 Å². The van der Waals surface area contributed by atoms with Gasteiger partial charge in [0.05, 0.1) is 16.0 Å². The van der Waals surface area contributed by atoms with Crippen molar-refractivity contribution < 1.29 is 19.0 Å². The fourth-order valence-electron chi connectivity index (χ4n) is 3.17. The van der Waals surface area contributed by atoms with Gasteiger partial charge in [0.2, 0.25) is 0 Å². The molecule has 1 aliphatic rings. The van der Waals surface area contributed by atoms with Crippen LogP contribution in [0.2, 0.25) is 0 Å². The molecule has 0 N–H and O–H groups in total. The second kappa shape index (κ2) is 11.7. The first-order valence-electron chi connectivity index (χ1n) is 10.5. The van der Waals surface area contributed by atoms with Gasteiger partial charge in [-0.15, -0.1) is 6.58 Å². The van der Waals surface area contributed by atoms with Crippen LogP contribution in [-0.4, -0.2) is 41.5 Å². The normalized spacial score (nSPS) is 14.7. The van der Waals surface area contributed by atoms with Crippen molar-refractivity contribution in [1.82, 2.24) is 4.90 Å². The van der Waals surface area contributed by atoms with Crippen LogP contribution in [-0.2, 0) is 4.79 Å². The molecule has 0 saturated carbocycles. The zero-order valence-corrected chi connectivity index (χ0v) is 22.1. The average Bonchev–Trinajstić information content (AvgIpc) is 3.02. The van der Waals surface area contributed by atoms with Gasteiger partial charge >= 0.3 is 0 Å². The molecule has 1 fully saturated rings. The Labute approximate surface area is 212 Å². The quantitative estimate of drug-likeness (QED) is 0.150. The van der Waals surface area contributed by atoms with E-state index in [2.05, 4.69) is 28.6 Å². The lowest BCUT2D eigenvalue weighted by Gasteiger charge is -2.16. The van der Waals surface area contributed by atoms with Gasteiger partial charge < -0.3 is 14.2 Å². The average molecular weight is 549 g/mol. The Bertz CT molecular complexity index is 1100. The van der Waals surface area contributed by atoms with Gasteiger partial charge in [0, 0.05) is 6.54 Å². The van der Waals surface area contributed by atoms with E-state index in [9.17, 15) is 4.79 Å². The number of halogens is 1. The summed E-state index contributed by atoms with van der Waals surface area (Å²) in [5, 5.41) is 0. The van der Waals surface area contributed by atoms with E-state index in [1.807, 2.05) is 51.1 Å². The van der Waals surface area contributed by atoms with E-state index in [0.29, 0.717) is 47.1 Å². The summed E-state index contributed by atoms with van der Waals surface area (Å²) < 4.78 is 19.0. The maximum Gasteiger partial charge on any atom is 0.266 e. The number of nitrogens with zero attached hydrogens (tertiary/aromatic N) is 1. The molecule has 0 spiro atoms. The van der Waals surface area contributed by atoms with Crippen LogP contribution >= 0.6 is 39.9 Å². The molecule has 3 rings (SSSR count). The molecule has 0 bridgehead atoms. The van der Waals surface area contributed by atoms with E-state index in [4.69, 9.17) is 26.4 Å². The maximum absolute atomic E-state index is 12.6. The van der Waals surface area contributed by atoms with Gasteiger partial charge in [0.1, 0.15) is 23.3 Å². The first kappa shape index (κ1) is 25.3. The summed E-state index contributed by atoms with van der Waals surface area (Å²) in [6, 6.07) is 9.87. The number of thiocarbonyl (C=S) groups is 1. The summed E-state index contributed by atoms with van der Waals surface area (Å²) in [6.07, 6.45) is 3.47. The van der Waals surface area contributed by atoms with E-state index in [1.165, 1.54) is 16.7 Å². The lowest BCUT2D eigenvalue weighted by atomic mass is 10.1. The maximum atomic E-state index is 12.6. The van der Waals surface area contributed by atoms with Crippen molar-refractivity contribution in [2.75, 3.05) is 26.4 Å².